The van der Waals surface area contributed by atoms with Gasteiger partial charge in [-0.25, -0.2) is 4.98 Å². The van der Waals surface area contributed by atoms with Gasteiger partial charge in [-0.1, -0.05) is 30.7 Å². The van der Waals surface area contributed by atoms with Crippen LogP contribution in [0, 0.1) is 0 Å². The molecule has 0 aliphatic carbocycles. The number of halogens is 1. The second-order valence-corrected chi connectivity index (χ2v) is 5.80. The van der Waals surface area contributed by atoms with E-state index in [0.29, 0.717) is 16.7 Å². The van der Waals surface area contributed by atoms with Crippen molar-refractivity contribution >= 4 is 34.5 Å². The van der Waals surface area contributed by atoms with E-state index in [1.807, 2.05) is 28.8 Å². The first-order chi connectivity index (χ1) is 11.7. The fraction of sp³-hybridized carbons (Fsp3) is 0.222. The van der Waals surface area contributed by atoms with E-state index in [4.69, 9.17) is 16.3 Å². The van der Waals surface area contributed by atoms with Crippen LogP contribution in [-0.4, -0.2) is 22.1 Å². The number of anilines is 1. The number of aromatic nitrogens is 2. The second-order valence-electron chi connectivity index (χ2n) is 5.37. The lowest BCUT2D eigenvalue weighted by Crippen LogP contribution is -2.22. The highest BCUT2D eigenvalue weighted by molar-refractivity contribution is 6.30. The van der Waals surface area contributed by atoms with Gasteiger partial charge in [0.1, 0.15) is 5.75 Å². The van der Waals surface area contributed by atoms with E-state index in [1.165, 1.54) is 0 Å². The highest BCUT2D eigenvalue weighted by atomic mass is 35.5. The number of hydrogen-bond acceptors (Lipinski definition) is 3. The summed E-state index contributed by atoms with van der Waals surface area (Å²) in [6.45, 7) is 2.79. The molecule has 1 aromatic heterocycles. The van der Waals surface area contributed by atoms with Crippen molar-refractivity contribution in [3.63, 3.8) is 0 Å². The van der Waals surface area contributed by atoms with Gasteiger partial charge in [-0.05, 0) is 42.8 Å². The van der Waals surface area contributed by atoms with Crippen LogP contribution in [0.2, 0.25) is 5.02 Å². The molecule has 0 saturated carbocycles. The summed E-state index contributed by atoms with van der Waals surface area (Å²) in [7, 11) is 0. The monoisotopic (exact) mass is 343 g/mol. The molecule has 0 radical (unpaired) electrons. The summed E-state index contributed by atoms with van der Waals surface area (Å²) in [5, 5.41) is 3.45. The minimum atomic E-state index is -0.252. The summed E-state index contributed by atoms with van der Waals surface area (Å²) < 4.78 is 7.47. The number of amides is 1. The molecule has 0 atom stereocenters. The third-order valence-electron chi connectivity index (χ3n) is 3.54. The van der Waals surface area contributed by atoms with Crippen LogP contribution in [0.25, 0.3) is 11.0 Å². The smallest absolute Gasteiger partial charge is 0.264 e. The number of carbonyl (C=O) groups excluding carboxylic acids is 1. The van der Waals surface area contributed by atoms with Crippen LogP contribution in [0.5, 0.6) is 5.75 Å². The molecule has 0 bridgehead atoms. The Balaban J connectivity index is 1.70. The minimum absolute atomic E-state index is 0.0863. The van der Waals surface area contributed by atoms with Crippen molar-refractivity contribution in [3.05, 3.63) is 53.6 Å². The minimum Gasteiger partial charge on any atom is -0.484 e. The molecule has 0 aliphatic heterocycles. The molecule has 0 aliphatic rings. The Kier molecular flexibility index (Phi) is 5.01. The normalized spacial score (nSPS) is 10.8. The molecule has 3 rings (SSSR count). The number of nitrogens with one attached hydrogen (secondary N) is 1. The number of aryl methyl sites for hydroxylation is 1. The van der Waals surface area contributed by atoms with E-state index < -0.39 is 0 Å². The maximum atomic E-state index is 12.2. The predicted octanol–water partition coefficient (Wildman–Crippen LogP) is 4.12. The quantitative estimate of drug-likeness (QED) is 0.732. The highest BCUT2D eigenvalue weighted by Gasteiger charge is 2.13. The molecular formula is C18H18ClN3O2. The number of carbonyl (C=O) groups is 1. The van der Waals surface area contributed by atoms with E-state index in [1.54, 1.807) is 24.3 Å². The van der Waals surface area contributed by atoms with Crippen molar-refractivity contribution < 1.29 is 9.53 Å². The van der Waals surface area contributed by atoms with Gasteiger partial charge in [-0.15, -0.1) is 0 Å². The number of rotatable bonds is 6. The fourth-order valence-electron chi connectivity index (χ4n) is 2.46. The Labute approximate surface area is 145 Å². The Bertz CT molecular complexity index is 843. The van der Waals surface area contributed by atoms with Gasteiger partial charge in [0.05, 0.1) is 11.0 Å². The van der Waals surface area contributed by atoms with Crippen LogP contribution in [0.1, 0.15) is 13.3 Å². The summed E-state index contributed by atoms with van der Waals surface area (Å²) in [6.07, 6.45) is 0.949. The molecule has 2 aromatic carbocycles. The van der Waals surface area contributed by atoms with Gasteiger partial charge in [0.2, 0.25) is 5.95 Å². The standard InChI is InChI=1S/C18H18ClN3O2/c1-2-11-22-16-6-4-3-5-15(16)20-18(22)21-17(23)12-24-14-9-7-13(19)8-10-14/h3-10H,2,11-12H2,1H3,(H,20,21,23). The molecule has 0 spiro atoms. The zero-order valence-corrected chi connectivity index (χ0v) is 14.1. The molecule has 3 aromatic rings. The topological polar surface area (TPSA) is 56.2 Å². The molecule has 0 saturated heterocycles. The Morgan fingerprint density at radius 1 is 1.21 bits per heavy atom. The van der Waals surface area contributed by atoms with Crippen molar-refractivity contribution in [1.29, 1.82) is 0 Å². The summed E-state index contributed by atoms with van der Waals surface area (Å²) in [5.74, 6) is 0.886. The van der Waals surface area contributed by atoms with E-state index in [0.717, 1.165) is 24.0 Å². The Morgan fingerprint density at radius 3 is 2.71 bits per heavy atom. The van der Waals surface area contributed by atoms with Gasteiger partial charge in [-0.3, -0.25) is 10.1 Å². The third kappa shape index (κ3) is 3.68. The highest BCUT2D eigenvalue weighted by Crippen LogP contribution is 2.20. The van der Waals surface area contributed by atoms with Gasteiger partial charge < -0.3 is 9.30 Å². The maximum Gasteiger partial charge on any atom is 0.264 e. The lowest BCUT2D eigenvalue weighted by atomic mass is 10.3. The molecular weight excluding hydrogens is 326 g/mol. The number of hydrogen-bond donors (Lipinski definition) is 1. The van der Waals surface area contributed by atoms with Gasteiger partial charge in [-0.2, -0.15) is 0 Å². The molecule has 124 valence electrons. The third-order valence-corrected chi connectivity index (χ3v) is 3.79. The van der Waals surface area contributed by atoms with Crippen LogP contribution >= 0.6 is 11.6 Å². The predicted molar refractivity (Wildman–Crippen MR) is 95.6 cm³/mol. The van der Waals surface area contributed by atoms with E-state index in [2.05, 4.69) is 17.2 Å². The number of para-hydroxylation sites is 2. The van der Waals surface area contributed by atoms with Crippen LogP contribution in [0.15, 0.2) is 48.5 Å². The Morgan fingerprint density at radius 2 is 1.96 bits per heavy atom. The number of fused-ring (bicyclic) bond motifs is 1. The molecule has 0 fully saturated rings. The molecule has 0 unspecified atom stereocenters. The lowest BCUT2D eigenvalue weighted by Gasteiger charge is -2.10. The van der Waals surface area contributed by atoms with Crippen LogP contribution in [0.4, 0.5) is 5.95 Å². The van der Waals surface area contributed by atoms with Crippen molar-refractivity contribution in [2.45, 2.75) is 19.9 Å². The maximum absolute atomic E-state index is 12.2. The van der Waals surface area contributed by atoms with Gasteiger partial charge in [0.15, 0.2) is 6.61 Å². The van der Waals surface area contributed by atoms with Gasteiger partial charge >= 0.3 is 0 Å². The zero-order valence-electron chi connectivity index (χ0n) is 13.3. The molecule has 1 amide bonds. The summed E-state index contributed by atoms with van der Waals surface area (Å²) in [6, 6.07) is 14.7. The van der Waals surface area contributed by atoms with Gasteiger partial charge in [0.25, 0.3) is 5.91 Å². The van der Waals surface area contributed by atoms with Crippen LogP contribution < -0.4 is 10.1 Å². The molecule has 5 nitrogen and oxygen atoms in total. The lowest BCUT2D eigenvalue weighted by molar-refractivity contribution is -0.118. The first-order valence-electron chi connectivity index (χ1n) is 7.81. The summed E-state index contributed by atoms with van der Waals surface area (Å²) in [5.41, 5.74) is 1.87. The fourth-order valence-corrected chi connectivity index (χ4v) is 2.59. The van der Waals surface area contributed by atoms with Crippen molar-refractivity contribution in [2.24, 2.45) is 0 Å². The zero-order chi connectivity index (χ0) is 16.9. The summed E-state index contributed by atoms with van der Waals surface area (Å²) >= 11 is 5.82. The molecule has 24 heavy (non-hydrogen) atoms. The van der Waals surface area contributed by atoms with Crippen molar-refractivity contribution in [2.75, 3.05) is 11.9 Å². The van der Waals surface area contributed by atoms with Crippen molar-refractivity contribution in [3.8, 4) is 5.75 Å². The average molecular weight is 344 g/mol. The van der Waals surface area contributed by atoms with Crippen LogP contribution in [0.3, 0.4) is 0 Å². The Hall–Kier alpha value is -2.53. The first kappa shape index (κ1) is 16.3. The SMILES string of the molecule is CCCn1c(NC(=O)COc2ccc(Cl)cc2)nc2ccccc21. The average Bonchev–Trinajstić information content (AvgIpc) is 2.92. The number of benzene rings is 2. The molecule has 6 heteroatoms. The number of imidazole rings is 1. The summed E-state index contributed by atoms with van der Waals surface area (Å²) in [4.78, 5) is 16.7. The number of ether oxygens (including phenoxy) is 1. The van der Waals surface area contributed by atoms with E-state index >= 15 is 0 Å². The van der Waals surface area contributed by atoms with E-state index in [9.17, 15) is 4.79 Å². The largest absolute Gasteiger partial charge is 0.484 e. The van der Waals surface area contributed by atoms with Gasteiger partial charge in [0, 0.05) is 11.6 Å². The number of nitrogens with zero attached hydrogens (tertiary/aromatic N) is 2. The van der Waals surface area contributed by atoms with Crippen LogP contribution in [-0.2, 0) is 11.3 Å². The van der Waals surface area contributed by atoms with Crippen molar-refractivity contribution in [1.82, 2.24) is 9.55 Å². The first-order valence-corrected chi connectivity index (χ1v) is 8.18. The molecule has 1 heterocycles. The second kappa shape index (κ2) is 7.36. The molecule has 1 N–H and O–H groups in total. The van der Waals surface area contributed by atoms with E-state index in [-0.39, 0.29) is 12.5 Å².